The second-order valence-electron chi connectivity index (χ2n) is 4.38. The molecule has 0 bridgehead atoms. The van der Waals surface area contributed by atoms with Gasteiger partial charge in [0.05, 0.1) is 0 Å². The molecule has 88 valence electrons. The summed E-state index contributed by atoms with van der Waals surface area (Å²) in [5.74, 6) is 0.614. The predicted octanol–water partition coefficient (Wildman–Crippen LogP) is 1.68. The van der Waals surface area contributed by atoms with Crippen molar-refractivity contribution in [2.75, 3.05) is 19.0 Å². The summed E-state index contributed by atoms with van der Waals surface area (Å²) in [6.07, 6.45) is 4.34. The van der Waals surface area contributed by atoms with Crippen molar-refractivity contribution < 1.29 is 4.79 Å². The maximum atomic E-state index is 11.4. The fourth-order valence-electron chi connectivity index (χ4n) is 1.01. The number of amides is 1. The molecule has 0 saturated heterocycles. The van der Waals surface area contributed by atoms with Gasteiger partial charge < -0.3 is 10.6 Å². The van der Waals surface area contributed by atoms with Crippen LogP contribution < -0.4 is 10.6 Å². The van der Waals surface area contributed by atoms with E-state index < -0.39 is 0 Å². The van der Waals surface area contributed by atoms with Crippen molar-refractivity contribution in [3.05, 3.63) is 12.2 Å². The molecule has 0 fully saturated rings. The van der Waals surface area contributed by atoms with E-state index in [0.29, 0.717) is 18.8 Å². The summed E-state index contributed by atoms with van der Waals surface area (Å²) in [5, 5.41) is 6.03. The van der Waals surface area contributed by atoms with Crippen LogP contribution in [0.4, 0.5) is 0 Å². The van der Waals surface area contributed by atoms with Crippen molar-refractivity contribution in [3.63, 3.8) is 0 Å². The van der Waals surface area contributed by atoms with E-state index in [2.05, 4.69) is 10.6 Å². The van der Waals surface area contributed by atoms with Gasteiger partial charge in [-0.15, -0.1) is 11.6 Å². The van der Waals surface area contributed by atoms with Crippen LogP contribution in [-0.4, -0.2) is 30.4 Å². The zero-order valence-corrected chi connectivity index (χ0v) is 10.5. The van der Waals surface area contributed by atoms with Crippen LogP contribution in [0, 0.1) is 0 Å². The summed E-state index contributed by atoms with van der Waals surface area (Å²) in [4.78, 5) is 11.4. The predicted molar refractivity (Wildman–Crippen MR) is 65.2 cm³/mol. The standard InChI is InChI=1S/C11H21ClN2O/c1-11(2,3)14-10(15)6-9-13-8-5-4-7-12/h4-5,13H,6-9H2,1-3H3,(H,14,15)/b5-4+. The molecule has 0 atom stereocenters. The number of carbonyl (C=O) groups is 1. The summed E-state index contributed by atoms with van der Waals surface area (Å²) < 4.78 is 0. The highest BCUT2D eigenvalue weighted by Gasteiger charge is 2.12. The SMILES string of the molecule is CC(C)(C)NC(=O)CCNC/C=C/CCl. The van der Waals surface area contributed by atoms with Crippen molar-refractivity contribution in [2.24, 2.45) is 0 Å². The average molecular weight is 233 g/mol. The van der Waals surface area contributed by atoms with Gasteiger partial charge in [-0.2, -0.15) is 0 Å². The van der Waals surface area contributed by atoms with Crippen LogP contribution in [0.3, 0.4) is 0 Å². The fourth-order valence-corrected chi connectivity index (χ4v) is 1.14. The zero-order valence-electron chi connectivity index (χ0n) is 9.77. The molecular weight excluding hydrogens is 212 g/mol. The molecule has 0 aromatic rings. The Kier molecular flexibility index (Phi) is 7.44. The molecule has 3 nitrogen and oxygen atoms in total. The molecule has 0 radical (unpaired) electrons. The number of rotatable bonds is 6. The number of hydrogen-bond donors (Lipinski definition) is 2. The van der Waals surface area contributed by atoms with Gasteiger partial charge in [-0.1, -0.05) is 12.2 Å². The lowest BCUT2D eigenvalue weighted by atomic mass is 10.1. The van der Waals surface area contributed by atoms with E-state index in [-0.39, 0.29) is 11.4 Å². The minimum atomic E-state index is -0.143. The highest BCUT2D eigenvalue weighted by atomic mass is 35.5. The van der Waals surface area contributed by atoms with Crippen LogP contribution in [-0.2, 0) is 4.79 Å². The van der Waals surface area contributed by atoms with E-state index >= 15 is 0 Å². The molecule has 0 aliphatic heterocycles. The summed E-state index contributed by atoms with van der Waals surface area (Å²) in [6.45, 7) is 7.37. The molecule has 0 aromatic carbocycles. The Bertz CT molecular complexity index is 209. The van der Waals surface area contributed by atoms with Gasteiger partial charge in [-0.25, -0.2) is 0 Å². The van der Waals surface area contributed by atoms with Crippen LogP contribution in [0.25, 0.3) is 0 Å². The van der Waals surface area contributed by atoms with E-state index in [1.165, 1.54) is 0 Å². The average Bonchev–Trinajstić information content (AvgIpc) is 2.08. The first-order valence-electron chi connectivity index (χ1n) is 5.18. The third-order valence-corrected chi connectivity index (χ3v) is 1.74. The van der Waals surface area contributed by atoms with Crippen LogP contribution in [0.15, 0.2) is 12.2 Å². The molecule has 0 aliphatic carbocycles. The van der Waals surface area contributed by atoms with E-state index in [1.54, 1.807) is 0 Å². The third-order valence-electron chi connectivity index (χ3n) is 1.56. The van der Waals surface area contributed by atoms with Crippen molar-refractivity contribution in [1.82, 2.24) is 10.6 Å². The number of nitrogens with one attached hydrogen (secondary N) is 2. The summed E-state index contributed by atoms with van der Waals surface area (Å²) in [7, 11) is 0. The first-order chi connectivity index (χ1) is 6.95. The van der Waals surface area contributed by atoms with E-state index in [4.69, 9.17) is 11.6 Å². The molecule has 15 heavy (non-hydrogen) atoms. The Morgan fingerprint density at radius 3 is 2.53 bits per heavy atom. The molecule has 0 saturated carbocycles. The molecule has 0 rings (SSSR count). The Morgan fingerprint density at radius 1 is 1.33 bits per heavy atom. The lowest BCUT2D eigenvalue weighted by Gasteiger charge is -2.20. The van der Waals surface area contributed by atoms with Crippen molar-refractivity contribution in [1.29, 1.82) is 0 Å². The van der Waals surface area contributed by atoms with Crippen LogP contribution in [0.1, 0.15) is 27.2 Å². The minimum absolute atomic E-state index is 0.0799. The van der Waals surface area contributed by atoms with Gasteiger partial charge in [0, 0.05) is 30.9 Å². The van der Waals surface area contributed by atoms with Crippen molar-refractivity contribution in [3.8, 4) is 0 Å². The third kappa shape index (κ3) is 11.4. The maximum absolute atomic E-state index is 11.4. The summed E-state index contributed by atoms with van der Waals surface area (Å²) in [6, 6.07) is 0. The van der Waals surface area contributed by atoms with Gasteiger partial charge in [0.2, 0.25) is 5.91 Å². The number of alkyl halides is 1. The Morgan fingerprint density at radius 2 is 2.00 bits per heavy atom. The van der Waals surface area contributed by atoms with Gasteiger partial charge in [0.15, 0.2) is 0 Å². The van der Waals surface area contributed by atoms with E-state index in [9.17, 15) is 4.79 Å². The van der Waals surface area contributed by atoms with E-state index in [0.717, 1.165) is 6.54 Å². The Hall–Kier alpha value is -0.540. The first kappa shape index (κ1) is 14.5. The molecule has 0 spiro atoms. The largest absolute Gasteiger partial charge is 0.351 e. The molecule has 0 unspecified atom stereocenters. The monoisotopic (exact) mass is 232 g/mol. The van der Waals surface area contributed by atoms with Crippen LogP contribution >= 0.6 is 11.6 Å². The summed E-state index contributed by atoms with van der Waals surface area (Å²) in [5.41, 5.74) is -0.143. The number of halogens is 1. The van der Waals surface area contributed by atoms with Crippen molar-refractivity contribution >= 4 is 17.5 Å². The normalized spacial score (nSPS) is 12.0. The number of allylic oxidation sites excluding steroid dienone is 1. The van der Waals surface area contributed by atoms with E-state index in [1.807, 2.05) is 32.9 Å². The lowest BCUT2D eigenvalue weighted by molar-refractivity contribution is -0.122. The van der Waals surface area contributed by atoms with Crippen molar-refractivity contribution in [2.45, 2.75) is 32.7 Å². The molecule has 4 heteroatoms. The Labute approximate surface area is 97.3 Å². The maximum Gasteiger partial charge on any atom is 0.221 e. The number of carbonyl (C=O) groups excluding carboxylic acids is 1. The second kappa shape index (κ2) is 7.71. The van der Waals surface area contributed by atoms with Gasteiger partial charge in [-0.05, 0) is 20.8 Å². The fraction of sp³-hybridized carbons (Fsp3) is 0.727. The Balaban J connectivity index is 3.44. The van der Waals surface area contributed by atoms with Gasteiger partial charge in [0.1, 0.15) is 0 Å². The van der Waals surface area contributed by atoms with Crippen LogP contribution in [0.5, 0.6) is 0 Å². The zero-order chi connectivity index (χ0) is 11.7. The molecule has 0 aromatic heterocycles. The smallest absolute Gasteiger partial charge is 0.221 e. The lowest BCUT2D eigenvalue weighted by Crippen LogP contribution is -2.41. The molecule has 1 amide bonds. The molecule has 0 aliphatic rings. The second-order valence-corrected chi connectivity index (χ2v) is 4.69. The quantitative estimate of drug-likeness (QED) is 0.416. The minimum Gasteiger partial charge on any atom is -0.351 e. The van der Waals surface area contributed by atoms with Gasteiger partial charge in [0.25, 0.3) is 0 Å². The van der Waals surface area contributed by atoms with Crippen LogP contribution in [0.2, 0.25) is 0 Å². The highest BCUT2D eigenvalue weighted by molar-refractivity contribution is 6.18. The summed E-state index contributed by atoms with van der Waals surface area (Å²) >= 11 is 5.46. The molecular formula is C11H21ClN2O. The molecule has 2 N–H and O–H groups in total. The van der Waals surface area contributed by atoms with Gasteiger partial charge >= 0.3 is 0 Å². The topological polar surface area (TPSA) is 41.1 Å². The number of hydrogen-bond acceptors (Lipinski definition) is 2. The first-order valence-corrected chi connectivity index (χ1v) is 5.72. The van der Waals surface area contributed by atoms with Gasteiger partial charge in [-0.3, -0.25) is 4.79 Å². The molecule has 0 heterocycles. The highest BCUT2D eigenvalue weighted by Crippen LogP contribution is 1.98.